The number of hydrogen-bond donors (Lipinski definition) is 0. The third kappa shape index (κ3) is 3.81. The molecule has 1 amide bonds. The van der Waals surface area contributed by atoms with Crippen LogP contribution in [0.4, 0.5) is 0 Å². The van der Waals surface area contributed by atoms with Gasteiger partial charge in [0, 0.05) is 29.5 Å². The average molecular weight is 453 g/mol. The van der Waals surface area contributed by atoms with E-state index in [0.29, 0.717) is 23.0 Å². The number of carbonyl (C=O) groups excluding carboxylic acids is 1. The van der Waals surface area contributed by atoms with Crippen molar-refractivity contribution in [2.75, 3.05) is 14.2 Å². The smallest absolute Gasteiger partial charge is 0.244 e. The lowest BCUT2D eigenvalue weighted by Crippen LogP contribution is -2.25. The van der Waals surface area contributed by atoms with Gasteiger partial charge in [0.15, 0.2) is 0 Å². The molecular weight excluding hydrogens is 430 g/mol. The summed E-state index contributed by atoms with van der Waals surface area (Å²) in [5.74, 6) is 1.23. The molecule has 0 bridgehead atoms. The van der Waals surface area contributed by atoms with Crippen LogP contribution in [-0.2, 0) is 9.53 Å². The summed E-state index contributed by atoms with van der Waals surface area (Å²) in [4.78, 5) is 17.5. The quantitative estimate of drug-likeness (QED) is 0.417. The van der Waals surface area contributed by atoms with E-state index in [1.165, 1.54) is 11.9 Å². The highest BCUT2D eigenvalue weighted by molar-refractivity contribution is 5.99. The minimum Gasteiger partial charge on any atom is -0.497 e. The van der Waals surface area contributed by atoms with Crippen LogP contribution in [0.3, 0.4) is 0 Å². The summed E-state index contributed by atoms with van der Waals surface area (Å²) in [6.07, 6.45) is -0.755. The number of hydrogen-bond acceptors (Lipinski definition) is 6. The van der Waals surface area contributed by atoms with Gasteiger partial charge in [-0.2, -0.15) is 5.01 Å². The zero-order valence-electron chi connectivity index (χ0n) is 19.1. The monoisotopic (exact) mass is 453 g/mol. The molecule has 5 rings (SSSR count). The number of para-hydroxylation sites is 1. The molecule has 7 heteroatoms. The normalized spacial score (nSPS) is 15.1. The van der Waals surface area contributed by atoms with Crippen LogP contribution in [0.5, 0.6) is 11.5 Å². The molecule has 1 aromatic heterocycles. The zero-order valence-corrected chi connectivity index (χ0v) is 19.1. The first kappa shape index (κ1) is 21.5. The molecule has 0 unspecified atom stereocenters. The van der Waals surface area contributed by atoms with Crippen molar-refractivity contribution in [1.82, 2.24) is 9.99 Å². The molecule has 0 spiro atoms. The fourth-order valence-electron chi connectivity index (χ4n) is 4.02. The molecule has 2 heterocycles. The first-order chi connectivity index (χ1) is 16.6. The Balaban J connectivity index is 1.63. The number of hydrazone groups is 1. The summed E-state index contributed by atoms with van der Waals surface area (Å²) >= 11 is 0. The van der Waals surface area contributed by atoms with Gasteiger partial charge in [-0.25, -0.2) is 4.98 Å². The molecule has 0 fully saturated rings. The van der Waals surface area contributed by atoms with Crippen molar-refractivity contribution >= 4 is 22.7 Å². The number of pyridine rings is 1. The number of ether oxygens (including phenoxy) is 3. The number of rotatable bonds is 5. The second kappa shape index (κ2) is 8.86. The van der Waals surface area contributed by atoms with Gasteiger partial charge in [0.25, 0.3) is 0 Å². The van der Waals surface area contributed by atoms with Crippen molar-refractivity contribution < 1.29 is 19.0 Å². The summed E-state index contributed by atoms with van der Waals surface area (Å²) in [6, 6.07) is 25.0. The van der Waals surface area contributed by atoms with Crippen molar-refractivity contribution in [2.24, 2.45) is 5.10 Å². The summed E-state index contributed by atoms with van der Waals surface area (Å²) in [6.45, 7) is 1.47. The Morgan fingerprint density at radius 1 is 0.941 bits per heavy atom. The van der Waals surface area contributed by atoms with Gasteiger partial charge in [-0.1, -0.05) is 48.5 Å². The van der Waals surface area contributed by atoms with E-state index in [2.05, 4.69) is 5.10 Å². The fraction of sp³-hybridized carbons (Fsp3) is 0.148. The minimum atomic E-state index is -0.755. The summed E-state index contributed by atoms with van der Waals surface area (Å²) in [5, 5.41) is 6.77. The predicted octanol–water partition coefficient (Wildman–Crippen LogP) is 5.16. The Hall–Kier alpha value is -4.39. The van der Waals surface area contributed by atoms with Gasteiger partial charge in [-0.15, -0.1) is 5.10 Å². The molecule has 1 atom stereocenters. The van der Waals surface area contributed by atoms with Crippen LogP contribution in [0.15, 0.2) is 84.0 Å². The lowest BCUT2D eigenvalue weighted by molar-refractivity contribution is -0.135. The maximum Gasteiger partial charge on any atom is 0.244 e. The van der Waals surface area contributed by atoms with E-state index in [4.69, 9.17) is 19.2 Å². The van der Waals surface area contributed by atoms with Crippen LogP contribution in [-0.4, -0.2) is 36.0 Å². The number of amides is 1. The van der Waals surface area contributed by atoms with Crippen LogP contribution in [0.2, 0.25) is 0 Å². The SMILES string of the molecule is COc1ccc(C2=NN(C(C)=O)[C@H](c3cc(-c4ccccc4)nc4ccccc34)O2)c(OC)c1. The Labute approximate surface area is 197 Å². The molecule has 0 aliphatic carbocycles. The second-order valence-electron chi connectivity index (χ2n) is 7.79. The largest absolute Gasteiger partial charge is 0.497 e. The third-order valence-electron chi connectivity index (χ3n) is 5.69. The molecule has 170 valence electrons. The Morgan fingerprint density at radius 2 is 1.71 bits per heavy atom. The highest BCUT2D eigenvalue weighted by atomic mass is 16.5. The van der Waals surface area contributed by atoms with E-state index < -0.39 is 6.23 Å². The number of benzene rings is 3. The molecule has 34 heavy (non-hydrogen) atoms. The number of fused-ring (bicyclic) bond motifs is 1. The lowest BCUT2D eigenvalue weighted by Gasteiger charge is -2.21. The van der Waals surface area contributed by atoms with Crippen LogP contribution in [0, 0.1) is 0 Å². The van der Waals surface area contributed by atoms with E-state index >= 15 is 0 Å². The summed E-state index contributed by atoms with van der Waals surface area (Å²) < 4.78 is 17.2. The number of nitrogens with zero attached hydrogens (tertiary/aromatic N) is 3. The second-order valence-corrected chi connectivity index (χ2v) is 7.79. The Bertz CT molecular complexity index is 1400. The van der Waals surface area contributed by atoms with Gasteiger partial charge in [-0.3, -0.25) is 4.79 Å². The number of aromatic nitrogens is 1. The lowest BCUT2D eigenvalue weighted by atomic mass is 10.0. The zero-order chi connectivity index (χ0) is 23.7. The van der Waals surface area contributed by atoms with Gasteiger partial charge in [-0.05, 0) is 24.3 Å². The molecule has 1 aliphatic rings. The maximum absolute atomic E-state index is 12.6. The molecule has 0 radical (unpaired) electrons. The molecule has 3 aromatic carbocycles. The first-order valence-corrected chi connectivity index (χ1v) is 10.8. The summed E-state index contributed by atoms with van der Waals surface area (Å²) in [7, 11) is 3.15. The van der Waals surface area contributed by atoms with Crippen molar-refractivity contribution in [3.8, 4) is 22.8 Å². The van der Waals surface area contributed by atoms with Crippen LogP contribution >= 0.6 is 0 Å². The topological polar surface area (TPSA) is 73.2 Å². The van der Waals surface area contributed by atoms with Crippen LogP contribution < -0.4 is 9.47 Å². The van der Waals surface area contributed by atoms with E-state index in [9.17, 15) is 4.79 Å². The van der Waals surface area contributed by atoms with Gasteiger partial charge < -0.3 is 14.2 Å². The fourth-order valence-corrected chi connectivity index (χ4v) is 4.02. The Morgan fingerprint density at radius 3 is 2.44 bits per heavy atom. The molecule has 0 N–H and O–H groups in total. The maximum atomic E-state index is 12.6. The highest BCUT2D eigenvalue weighted by Gasteiger charge is 2.35. The predicted molar refractivity (Wildman–Crippen MR) is 130 cm³/mol. The van der Waals surface area contributed by atoms with E-state index in [0.717, 1.165) is 27.7 Å². The molecule has 7 nitrogen and oxygen atoms in total. The van der Waals surface area contributed by atoms with Gasteiger partial charge in [0.2, 0.25) is 18.0 Å². The number of carbonyl (C=O) groups is 1. The molecular formula is C27H23N3O4. The van der Waals surface area contributed by atoms with E-state index in [1.54, 1.807) is 32.4 Å². The average Bonchev–Trinajstić information content (AvgIpc) is 3.33. The standard InChI is InChI=1S/C27H23N3O4/c1-17(31)30-27(34-26(29-30)21-14-13-19(32-2)15-25(21)33-3)22-16-24(18-9-5-4-6-10-18)28-23-12-8-7-11-20(22)23/h4-16,27H,1-3H3/t27-/m0/s1. The molecule has 4 aromatic rings. The van der Waals surface area contributed by atoms with Crippen LogP contribution in [0.25, 0.3) is 22.2 Å². The number of methoxy groups -OCH3 is 2. The molecule has 1 aliphatic heterocycles. The van der Waals surface area contributed by atoms with Crippen molar-refractivity contribution in [1.29, 1.82) is 0 Å². The summed E-state index contributed by atoms with van der Waals surface area (Å²) in [5.41, 5.74) is 3.99. The van der Waals surface area contributed by atoms with Crippen molar-refractivity contribution in [3.63, 3.8) is 0 Å². The molecule has 0 saturated heterocycles. The van der Waals surface area contributed by atoms with E-state index in [1.807, 2.05) is 60.7 Å². The minimum absolute atomic E-state index is 0.241. The van der Waals surface area contributed by atoms with E-state index in [-0.39, 0.29) is 5.91 Å². The van der Waals surface area contributed by atoms with Gasteiger partial charge >= 0.3 is 0 Å². The van der Waals surface area contributed by atoms with Gasteiger partial charge in [0.1, 0.15) is 11.5 Å². The van der Waals surface area contributed by atoms with Gasteiger partial charge in [0.05, 0.1) is 31.0 Å². The first-order valence-electron chi connectivity index (χ1n) is 10.8. The van der Waals surface area contributed by atoms with Crippen molar-refractivity contribution in [3.05, 3.63) is 90.0 Å². The van der Waals surface area contributed by atoms with Crippen molar-refractivity contribution in [2.45, 2.75) is 13.2 Å². The highest BCUT2D eigenvalue weighted by Crippen LogP contribution is 2.38. The third-order valence-corrected chi connectivity index (χ3v) is 5.69. The molecule has 0 saturated carbocycles. The van der Waals surface area contributed by atoms with Crippen LogP contribution in [0.1, 0.15) is 24.3 Å². The Kier molecular flexibility index (Phi) is 5.59.